The van der Waals surface area contributed by atoms with Gasteiger partial charge in [0, 0.05) is 19.0 Å². The second-order valence-corrected chi connectivity index (χ2v) is 5.17. The Morgan fingerprint density at radius 1 is 1.40 bits per heavy atom. The monoisotopic (exact) mass is 210 g/mol. The van der Waals surface area contributed by atoms with E-state index in [0.717, 1.165) is 51.2 Å². The molecule has 2 atom stereocenters. The minimum absolute atomic E-state index is 0.357. The summed E-state index contributed by atoms with van der Waals surface area (Å²) in [6, 6.07) is 0. The van der Waals surface area contributed by atoms with Gasteiger partial charge in [0.2, 0.25) is 5.91 Å². The minimum atomic E-state index is 0.357. The van der Waals surface area contributed by atoms with Crippen LogP contribution in [0.5, 0.6) is 0 Å². The largest absolute Gasteiger partial charge is 0.342 e. The van der Waals surface area contributed by atoms with Crippen LogP contribution in [0.3, 0.4) is 0 Å². The molecule has 1 heterocycles. The Hall–Kier alpha value is -0.570. The number of amides is 1. The number of hydrogen-bond donors (Lipinski definition) is 1. The van der Waals surface area contributed by atoms with E-state index < -0.39 is 0 Å². The van der Waals surface area contributed by atoms with Gasteiger partial charge >= 0.3 is 0 Å². The predicted octanol–water partition coefficient (Wildman–Crippen LogP) is 1.23. The lowest BCUT2D eigenvalue weighted by atomic mass is 9.93. The molecule has 2 unspecified atom stereocenters. The zero-order chi connectivity index (χ0) is 10.8. The van der Waals surface area contributed by atoms with Gasteiger partial charge in [-0.2, -0.15) is 0 Å². The molecule has 3 nitrogen and oxygen atoms in total. The molecule has 86 valence electrons. The highest BCUT2D eigenvalue weighted by atomic mass is 16.2. The first-order valence-corrected chi connectivity index (χ1v) is 6.21. The van der Waals surface area contributed by atoms with Gasteiger partial charge in [-0.25, -0.2) is 0 Å². The Morgan fingerprint density at radius 3 is 2.47 bits per heavy atom. The van der Waals surface area contributed by atoms with Crippen molar-refractivity contribution in [3.05, 3.63) is 0 Å². The second kappa shape index (κ2) is 4.52. The fraction of sp³-hybridized carbons (Fsp3) is 0.917. The molecule has 15 heavy (non-hydrogen) atoms. The molecule has 1 saturated carbocycles. The van der Waals surface area contributed by atoms with Crippen molar-refractivity contribution < 1.29 is 4.79 Å². The highest BCUT2D eigenvalue weighted by Gasteiger charge is 2.41. The maximum atomic E-state index is 11.9. The van der Waals surface area contributed by atoms with Crippen molar-refractivity contribution in [2.24, 2.45) is 23.5 Å². The van der Waals surface area contributed by atoms with E-state index in [9.17, 15) is 4.79 Å². The highest BCUT2D eigenvalue weighted by molar-refractivity contribution is 5.81. The molecule has 1 aliphatic carbocycles. The number of nitrogens with two attached hydrogens (primary N) is 1. The zero-order valence-electron chi connectivity index (χ0n) is 9.61. The minimum Gasteiger partial charge on any atom is -0.342 e. The van der Waals surface area contributed by atoms with E-state index in [0.29, 0.717) is 17.7 Å². The summed E-state index contributed by atoms with van der Waals surface area (Å²) in [4.78, 5) is 14.0. The number of carbonyl (C=O) groups excluding carboxylic acids is 1. The number of piperidine rings is 1. The number of hydrogen-bond acceptors (Lipinski definition) is 2. The molecule has 0 aromatic carbocycles. The average Bonchev–Trinajstić information content (AvgIpc) is 2.96. The third kappa shape index (κ3) is 2.51. The van der Waals surface area contributed by atoms with Crippen molar-refractivity contribution in [3.8, 4) is 0 Å². The first kappa shape index (κ1) is 10.9. The lowest BCUT2D eigenvalue weighted by molar-refractivity contribution is -0.134. The Morgan fingerprint density at radius 2 is 2.00 bits per heavy atom. The van der Waals surface area contributed by atoms with E-state index in [1.54, 1.807) is 0 Å². The molecule has 0 aromatic rings. The van der Waals surface area contributed by atoms with Crippen molar-refractivity contribution in [2.45, 2.75) is 32.6 Å². The van der Waals surface area contributed by atoms with Gasteiger partial charge in [-0.1, -0.05) is 6.92 Å². The van der Waals surface area contributed by atoms with E-state index in [2.05, 4.69) is 11.8 Å². The van der Waals surface area contributed by atoms with Crippen molar-refractivity contribution in [2.75, 3.05) is 19.6 Å². The van der Waals surface area contributed by atoms with Crippen LogP contribution in [-0.4, -0.2) is 30.4 Å². The number of nitrogens with zero attached hydrogens (tertiary/aromatic N) is 1. The number of rotatable bonds is 3. The highest BCUT2D eigenvalue weighted by Crippen LogP contribution is 2.39. The Bertz CT molecular complexity index is 234. The zero-order valence-corrected chi connectivity index (χ0v) is 9.61. The third-order valence-corrected chi connectivity index (χ3v) is 3.93. The van der Waals surface area contributed by atoms with Crippen LogP contribution < -0.4 is 5.73 Å². The maximum absolute atomic E-state index is 11.9. The number of carbonyl (C=O) groups is 1. The van der Waals surface area contributed by atoms with E-state index in [-0.39, 0.29) is 0 Å². The standard InChI is InChI=1S/C12H22N2O/c1-9-8-11(9)12(15)14-6-3-10(2-5-13)4-7-14/h9-11H,2-8,13H2,1H3. The number of likely N-dealkylation sites (tertiary alicyclic amines) is 1. The van der Waals surface area contributed by atoms with Crippen LogP contribution in [0.2, 0.25) is 0 Å². The molecule has 1 saturated heterocycles. The summed E-state index contributed by atoms with van der Waals surface area (Å²) in [5.74, 6) is 2.17. The lowest BCUT2D eigenvalue weighted by Crippen LogP contribution is -2.39. The van der Waals surface area contributed by atoms with Crippen molar-refractivity contribution >= 4 is 5.91 Å². The lowest BCUT2D eigenvalue weighted by Gasteiger charge is -2.32. The van der Waals surface area contributed by atoms with Crippen LogP contribution in [-0.2, 0) is 4.79 Å². The summed E-state index contributed by atoms with van der Waals surface area (Å²) in [7, 11) is 0. The fourth-order valence-electron chi connectivity index (χ4n) is 2.58. The van der Waals surface area contributed by atoms with Gasteiger partial charge in [0.1, 0.15) is 0 Å². The summed E-state index contributed by atoms with van der Waals surface area (Å²) < 4.78 is 0. The van der Waals surface area contributed by atoms with Gasteiger partial charge in [-0.15, -0.1) is 0 Å². The van der Waals surface area contributed by atoms with Crippen LogP contribution in [0.1, 0.15) is 32.6 Å². The smallest absolute Gasteiger partial charge is 0.225 e. The first-order valence-electron chi connectivity index (χ1n) is 6.21. The molecule has 1 amide bonds. The van der Waals surface area contributed by atoms with Crippen LogP contribution >= 0.6 is 0 Å². The van der Waals surface area contributed by atoms with Crippen molar-refractivity contribution in [1.82, 2.24) is 4.90 Å². The SMILES string of the molecule is CC1CC1C(=O)N1CCC(CCN)CC1. The third-order valence-electron chi connectivity index (χ3n) is 3.93. The molecule has 0 aromatic heterocycles. The normalized spacial score (nSPS) is 31.7. The summed E-state index contributed by atoms with van der Waals surface area (Å²) in [5, 5.41) is 0. The first-order chi connectivity index (χ1) is 7.22. The van der Waals surface area contributed by atoms with Gasteiger partial charge < -0.3 is 10.6 Å². The molecule has 0 radical (unpaired) electrons. The molecule has 1 aliphatic heterocycles. The molecule has 0 spiro atoms. The van der Waals surface area contributed by atoms with Gasteiger partial charge in [-0.3, -0.25) is 4.79 Å². The molecule has 2 rings (SSSR count). The van der Waals surface area contributed by atoms with Gasteiger partial charge in [0.05, 0.1) is 0 Å². The summed E-state index contributed by atoms with van der Waals surface area (Å²) in [6.45, 7) is 4.89. The van der Waals surface area contributed by atoms with E-state index in [4.69, 9.17) is 5.73 Å². The van der Waals surface area contributed by atoms with Crippen LogP contribution in [0.4, 0.5) is 0 Å². The van der Waals surface area contributed by atoms with E-state index in [1.165, 1.54) is 0 Å². The Kier molecular flexibility index (Phi) is 3.29. The van der Waals surface area contributed by atoms with Crippen LogP contribution in [0.15, 0.2) is 0 Å². The van der Waals surface area contributed by atoms with Crippen LogP contribution in [0.25, 0.3) is 0 Å². The molecule has 2 fully saturated rings. The molecule has 3 heteroatoms. The molecule has 2 aliphatic rings. The van der Waals surface area contributed by atoms with Crippen molar-refractivity contribution in [1.29, 1.82) is 0 Å². The van der Waals surface area contributed by atoms with Crippen molar-refractivity contribution in [3.63, 3.8) is 0 Å². The topological polar surface area (TPSA) is 46.3 Å². The second-order valence-electron chi connectivity index (χ2n) is 5.17. The van der Waals surface area contributed by atoms with Crippen LogP contribution in [0, 0.1) is 17.8 Å². The Labute approximate surface area is 92.0 Å². The predicted molar refractivity (Wildman–Crippen MR) is 60.2 cm³/mol. The van der Waals surface area contributed by atoms with E-state index in [1.807, 2.05) is 0 Å². The fourth-order valence-corrected chi connectivity index (χ4v) is 2.58. The molecular weight excluding hydrogens is 188 g/mol. The quantitative estimate of drug-likeness (QED) is 0.761. The molecule has 2 N–H and O–H groups in total. The summed E-state index contributed by atoms with van der Waals surface area (Å²) in [5.41, 5.74) is 5.55. The Balaban J connectivity index is 1.75. The summed E-state index contributed by atoms with van der Waals surface area (Å²) >= 11 is 0. The van der Waals surface area contributed by atoms with Gasteiger partial charge in [0.15, 0.2) is 0 Å². The molecular formula is C12H22N2O. The maximum Gasteiger partial charge on any atom is 0.225 e. The van der Waals surface area contributed by atoms with Gasteiger partial charge in [-0.05, 0) is 44.1 Å². The van der Waals surface area contributed by atoms with E-state index >= 15 is 0 Å². The summed E-state index contributed by atoms with van der Waals surface area (Å²) in [6.07, 6.45) is 4.55. The molecule has 0 bridgehead atoms. The average molecular weight is 210 g/mol. The van der Waals surface area contributed by atoms with Gasteiger partial charge in [0.25, 0.3) is 0 Å².